The van der Waals surface area contributed by atoms with Crippen molar-refractivity contribution in [1.29, 1.82) is 0 Å². The van der Waals surface area contributed by atoms with E-state index in [2.05, 4.69) is 21.6 Å². The van der Waals surface area contributed by atoms with E-state index in [9.17, 15) is 13.6 Å². The van der Waals surface area contributed by atoms with Crippen molar-refractivity contribution in [3.05, 3.63) is 64.7 Å². The molecule has 0 spiro atoms. The molecule has 8 heteroatoms. The highest BCUT2D eigenvalue weighted by Crippen LogP contribution is 2.41. The second-order valence-corrected chi connectivity index (χ2v) is 6.72. The fourth-order valence-corrected chi connectivity index (χ4v) is 3.32. The van der Waals surface area contributed by atoms with Gasteiger partial charge in [0.1, 0.15) is 12.4 Å². The molecule has 30 heavy (non-hydrogen) atoms. The molecule has 6 nitrogen and oxygen atoms in total. The maximum Gasteiger partial charge on any atom is 0.387 e. The van der Waals surface area contributed by atoms with E-state index in [1.165, 1.54) is 18.0 Å². The van der Waals surface area contributed by atoms with Gasteiger partial charge in [0.2, 0.25) is 0 Å². The lowest BCUT2D eigenvalue weighted by Crippen LogP contribution is -2.41. The Balaban J connectivity index is 2.16. The monoisotopic (exact) mass is 413 g/mol. The Morgan fingerprint density at radius 3 is 2.57 bits per heavy atom. The normalized spacial score (nSPS) is 18.3. The lowest BCUT2D eigenvalue weighted by atomic mass is 9.81. The van der Waals surface area contributed by atoms with E-state index in [4.69, 9.17) is 10.5 Å². The van der Waals surface area contributed by atoms with E-state index in [-0.39, 0.29) is 24.2 Å². The topological polar surface area (TPSA) is 77.2 Å². The Labute approximate surface area is 173 Å². The van der Waals surface area contributed by atoms with Crippen molar-refractivity contribution >= 4 is 11.9 Å². The van der Waals surface area contributed by atoms with Crippen LogP contribution in [0.15, 0.2) is 47.5 Å². The number of alkyl halides is 2. The second kappa shape index (κ2) is 8.51. The number of aryl methyl sites for hydroxylation is 1. The van der Waals surface area contributed by atoms with Gasteiger partial charge in [-0.3, -0.25) is 9.69 Å². The largest absolute Gasteiger partial charge is 0.435 e. The van der Waals surface area contributed by atoms with Crippen molar-refractivity contribution in [3.63, 3.8) is 0 Å². The van der Waals surface area contributed by atoms with Gasteiger partial charge in [0, 0.05) is 19.7 Å². The number of hydrogen-bond acceptors (Lipinski definition) is 5. The zero-order chi connectivity index (χ0) is 21.9. The first kappa shape index (κ1) is 21.3. The number of ether oxygens (including phenoxy) is 2. The second-order valence-electron chi connectivity index (χ2n) is 6.72. The Hall–Kier alpha value is -3.44. The van der Waals surface area contributed by atoms with Crippen LogP contribution in [0, 0.1) is 18.8 Å². The Morgan fingerprint density at radius 2 is 1.97 bits per heavy atom. The number of benzene rings is 2. The zero-order valence-corrected chi connectivity index (χ0v) is 16.8. The molecule has 0 saturated heterocycles. The lowest BCUT2D eigenvalue weighted by Gasteiger charge is -2.27. The highest BCUT2D eigenvalue weighted by atomic mass is 19.3. The van der Waals surface area contributed by atoms with Crippen LogP contribution in [0.25, 0.3) is 0 Å². The summed E-state index contributed by atoms with van der Waals surface area (Å²) in [5.41, 5.74) is 6.69. The summed E-state index contributed by atoms with van der Waals surface area (Å²) >= 11 is 0. The van der Waals surface area contributed by atoms with E-state index in [0.29, 0.717) is 22.3 Å². The molecule has 1 amide bonds. The molecular weight excluding hydrogens is 392 g/mol. The number of halogens is 2. The average molecular weight is 413 g/mol. The summed E-state index contributed by atoms with van der Waals surface area (Å²) < 4.78 is 34.7. The molecule has 0 radical (unpaired) electrons. The molecule has 0 aromatic heterocycles. The number of hydrogen-bond donors (Lipinski definition) is 1. The van der Waals surface area contributed by atoms with Crippen LogP contribution in [0.1, 0.15) is 22.3 Å². The molecule has 0 saturated carbocycles. The lowest BCUT2D eigenvalue weighted by molar-refractivity contribution is -0.129. The molecule has 1 atom stereocenters. The summed E-state index contributed by atoms with van der Waals surface area (Å²) in [6, 6.07) is 11.6. The number of amides is 1. The molecule has 0 unspecified atom stereocenters. The standard InChI is InChI=1S/C22H21F2N3O3/c1-14-12-17(9-10-18(14)30-20(23)24)22(19(28)27(2)21(25)26-22)16-8-4-6-15(13-16)7-5-11-29-3/h4,6,8-10,12-13,20H,11H2,1-3H3,(H2,25,26)/t22-/m1/s1. The van der Waals surface area contributed by atoms with Crippen molar-refractivity contribution in [3.8, 4) is 17.6 Å². The SMILES string of the molecule is COCC#Cc1cccc([C@]2(c3ccc(OC(F)F)c(C)c3)N=C(N)N(C)C2=O)c1. The van der Waals surface area contributed by atoms with Crippen LogP contribution in [0.2, 0.25) is 0 Å². The molecular formula is C22H21F2N3O3. The molecule has 0 fully saturated rings. The molecule has 2 aromatic carbocycles. The maximum absolute atomic E-state index is 13.3. The minimum atomic E-state index is -2.95. The summed E-state index contributed by atoms with van der Waals surface area (Å²) in [7, 11) is 3.08. The van der Waals surface area contributed by atoms with Crippen molar-refractivity contribution in [1.82, 2.24) is 4.90 Å². The third kappa shape index (κ3) is 3.84. The van der Waals surface area contributed by atoms with Crippen LogP contribution >= 0.6 is 0 Å². The summed E-state index contributed by atoms with van der Waals surface area (Å²) in [5, 5.41) is 0. The van der Waals surface area contributed by atoms with Gasteiger partial charge in [-0.25, -0.2) is 4.99 Å². The van der Waals surface area contributed by atoms with E-state index in [0.717, 1.165) is 0 Å². The zero-order valence-electron chi connectivity index (χ0n) is 16.8. The summed E-state index contributed by atoms with van der Waals surface area (Å²) in [6.07, 6.45) is 0. The van der Waals surface area contributed by atoms with Crippen LogP contribution in [-0.2, 0) is 15.1 Å². The first-order valence-electron chi connectivity index (χ1n) is 9.07. The number of carbonyl (C=O) groups is 1. The summed E-state index contributed by atoms with van der Waals surface area (Å²) in [5.74, 6) is 5.57. The van der Waals surface area contributed by atoms with Crippen LogP contribution in [0.5, 0.6) is 5.75 Å². The van der Waals surface area contributed by atoms with Gasteiger partial charge in [-0.2, -0.15) is 8.78 Å². The maximum atomic E-state index is 13.3. The molecule has 1 aliphatic rings. The average Bonchev–Trinajstić information content (AvgIpc) is 2.94. The van der Waals surface area contributed by atoms with Gasteiger partial charge in [-0.1, -0.05) is 30.0 Å². The minimum Gasteiger partial charge on any atom is -0.435 e. The fraction of sp³-hybridized carbons (Fsp3) is 0.273. The first-order chi connectivity index (χ1) is 14.3. The van der Waals surface area contributed by atoms with Crippen molar-refractivity contribution in [2.24, 2.45) is 10.7 Å². The van der Waals surface area contributed by atoms with E-state index < -0.39 is 12.2 Å². The number of guanidine groups is 1. The fourth-order valence-electron chi connectivity index (χ4n) is 3.32. The van der Waals surface area contributed by atoms with Crippen molar-refractivity contribution in [2.75, 3.05) is 20.8 Å². The predicted octanol–water partition coefficient (Wildman–Crippen LogP) is 2.62. The van der Waals surface area contributed by atoms with Gasteiger partial charge in [-0.15, -0.1) is 0 Å². The van der Waals surface area contributed by atoms with Gasteiger partial charge < -0.3 is 15.2 Å². The van der Waals surface area contributed by atoms with Crippen LogP contribution in [0.3, 0.4) is 0 Å². The van der Waals surface area contributed by atoms with Crippen molar-refractivity contribution < 1.29 is 23.0 Å². The molecule has 2 aromatic rings. The quantitative estimate of drug-likeness (QED) is 0.765. The van der Waals surface area contributed by atoms with E-state index in [1.807, 2.05) is 0 Å². The molecule has 1 heterocycles. The third-order valence-corrected chi connectivity index (χ3v) is 4.78. The Kier molecular flexibility index (Phi) is 6.04. The number of nitrogens with two attached hydrogens (primary N) is 1. The summed E-state index contributed by atoms with van der Waals surface area (Å²) in [4.78, 5) is 19.1. The van der Waals surface area contributed by atoms with E-state index >= 15 is 0 Å². The molecule has 0 bridgehead atoms. The molecule has 2 N–H and O–H groups in total. The van der Waals surface area contributed by atoms with Gasteiger partial charge >= 0.3 is 6.61 Å². The molecule has 0 aliphatic carbocycles. The predicted molar refractivity (Wildman–Crippen MR) is 108 cm³/mol. The van der Waals surface area contributed by atoms with Gasteiger partial charge in [-0.05, 0) is 47.9 Å². The molecule has 3 rings (SSSR count). The number of aliphatic imine (C=N–C) groups is 1. The summed E-state index contributed by atoms with van der Waals surface area (Å²) in [6.45, 7) is -1.05. The van der Waals surface area contributed by atoms with Crippen LogP contribution in [-0.4, -0.2) is 44.1 Å². The smallest absolute Gasteiger partial charge is 0.387 e. The number of nitrogens with zero attached hydrogens (tertiary/aromatic N) is 2. The third-order valence-electron chi connectivity index (χ3n) is 4.78. The van der Waals surface area contributed by atoms with Crippen LogP contribution < -0.4 is 10.5 Å². The first-order valence-corrected chi connectivity index (χ1v) is 9.07. The van der Waals surface area contributed by atoms with E-state index in [1.54, 1.807) is 50.4 Å². The highest BCUT2D eigenvalue weighted by Gasteiger charge is 2.49. The number of likely N-dealkylation sites (N-methyl/N-ethyl adjacent to an activating group) is 1. The number of rotatable bonds is 5. The van der Waals surface area contributed by atoms with Gasteiger partial charge in [0.05, 0.1) is 0 Å². The van der Waals surface area contributed by atoms with Gasteiger partial charge in [0.25, 0.3) is 5.91 Å². The Bertz CT molecular complexity index is 1060. The van der Waals surface area contributed by atoms with Crippen LogP contribution in [0.4, 0.5) is 8.78 Å². The number of methoxy groups -OCH3 is 1. The molecule has 1 aliphatic heterocycles. The minimum absolute atomic E-state index is 0.0267. The number of carbonyl (C=O) groups excluding carboxylic acids is 1. The van der Waals surface area contributed by atoms with Crippen molar-refractivity contribution in [2.45, 2.75) is 19.1 Å². The highest BCUT2D eigenvalue weighted by molar-refractivity contribution is 6.09. The Morgan fingerprint density at radius 1 is 1.23 bits per heavy atom. The van der Waals surface area contributed by atoms with Gasteiger partial charge in [0.15, 0.2) is 11.5 Å². The molecule has 156 valence electrons.